The van der Waals surface area contributed by atoms with Gasteiger partial charge in [0.15, 0.2) is 10.7 Å². The van der Waals surface area contributed by atoms with Gasteiger partial charge in [0.25, 0.3) is 5.91 Å². The van der Waals surface area contributed by atoms with Gasteiger partial charge in [-0.2, -0.15) is 8.42 Å². The van der Waals surface area contributed by atoms with E-state index in [1.807, 2.05) is 0 Å². The molecule has 1 aliphatic rings. The standard InChI is InChI=1S/C9H7N3O5S2/c10-8(13)7-9(12-18(14)15)11-5-3-1-2-4-6(5)19(7,16)17/h1-4,11H,(H2,10,13). The second kappa shape index (κ2) is 4.48. The highest BCUT2D eigenvalue weighted by Crippen LogP contribution is 2.34. The zero-order chi connectivity index (χ0) is 14.2. The quantitative estimate of drug-likeness (QED) is 0.763. The Bertz CT molecular complexity index is 828. The summed E-state index contributed by atoms with van der Waals surface area (Å²) in [5.41, 5.74) is 5.11. The molecule has 2 rings (SSSR count). The molecule has 0 atom stereocenters. The van der Waals surface area contributed by atoms with E-state index in [0.29, 0.717) is 0 Å². The topological polar surface area (TPSA) is 136 Å². The molecular weight excluding hydrogens is 294 g/mol. The van der Waals surface area contributed by atoms with Gasteiger partial charge in [0.05, 0.1) is 10.6 Å². The Labute approximate surface area is 109 Å². The molecule has 1 aromatic carbocycles. The minimum atomic E-state index is -4.20. The average Bonchev–Trinajstić information content (AvgIpc) is 2.26. The summed E-state index contributed by atoms with van der Waals surface area (Å²) in [6.07, 6.45) is 0. The summed E-state index contributed by atoms with van der Waals surface area (Å²) in [4.78, 5) is 10.2. The van der Waals surface area contributed by atoms with Gasteiger partial charge in [-0.05, 0) is 12.1 Å². The van der Waals surface area contributed by atoms with Gasteiger partial charge in [0.2, 0.25) is 9.84 Å². The van der Waals surface area contributed by atoms with Gasteiger partial charge in [0, 0.05) is 0 Å². The van der Waals surface area contributed by atoms with Crippen LogP contribution in [0, 0.1) is 0 Å². The van der Waals surface area contributed by atoms with Crippen molar-refractivity contribution in [1.29, 1.82) is 0 Å². The molecule has 0 radical (unpaired) electrons. The molecule has 0 saturated heterocycles. The van der Waals surface area contributed by atoms with E-state index in [1.54, 1.807) is 6.07 Å². The molecule has 0 unspecified atom stereocenters. The van der Waals surface area contributed by atoms with Crippen LogP contribution in [0.4, 0.5) is 5.69 Å². The van der Waals surface area contributed by atoms with Crippen molar-refractivity contribution in [3.05, 3.63) is 35.0 Å². The maximum Gasteiger partial charge on any atom is 0.317 e. The number of anilines is 1. The van der Waals surface area contributed by atoms with Gasteiger partial charge >= 0.3 is 10.5 Å². The number of primary amides is 1. The summed E-state index contributed by atoms with van der Waals surface area (Å²) in [5, 5.41) is 2.46. The van der Waals surface area contributed by atoms with Crippen molar-refractivity contribution >= 4 is 31.9 Å². The van der Waals surface area contributed by atoms with Crippen LogP contribution >= 0.6 is 0 Å². The first-order chi connectivity index (χ1) is 8.84. The fraction of sp³-hybridized carbons (Fsp3) is 0. The number of rotatable bonds is 2. The van der Waals surface area contributed by atoms with Crippen molar-refractivity contribution < 1.29 is 21.6 Å². The largest absolute Gasteiger partial charge is 0.365 e. The molecule has 1 aromatic rings. The molecule has 0 fully saturated rings. The number of sulfone groups is 1. The highest BCUT2D eigenvalue weighted by atomic mass is 32.2. The number of carbonyl (C=O) groups is 1. The Morgan fingerprint density at radius 1 is 1.26 bits per heavy atom. The van der Waals surface area contributed by atoms with Gasteiger partial charge in [-0.3, -0.25) is 4.79 Å². The predicted octanol–water partition coefficient (Wildman–Crippen LogP) is -0.397. The smallest absolute Gasteiger partial charge is 0.317 e. The van der Waals surface area contributed by atoms with E-state index in [-0.39, 0.29) is 10.6 Å². The van der Waals surface area contributed by atoms with Gasteiger partial charge in [-0.1, -0.05) is 12.1 Å². The summed E-state index contributed by atoms with van der Waals surface area (Å²) >= 11 is 0. The SMILES string of the molecule is NC(=O)C1=C(N=S(=O)=O)Nc2ccccc2S1(=O)=O. The Hall–Kier alpha value is -2.20. The van der Waals surface area contributed by atoms with E-state index in [4.69, 9.17) is 5.73 Å². The zero-order valence-electron chi connectivity index (χ0n) is 9.19. The van der Waals surface area contributed by atoms with Crippen molar-refractivity contribution in [2.75, 3.05) is 5.32 Å². The average molecular weight is 301 g/mol. The Kier molecular flexibility index (Phi) is 3.12. The first-order valence-corrected chi connectivity index (χ1v) is 7.32. The molecule has 0 aliphatic carbocycles. The highest BCUT2D eigenvalue weighted by Gasteiger charge is 2.35. The molecule has 0 bridgehead atoms. The molecular formula is C9H7N3O5S2. The van der Waals surface area contributed by atoms with Crippen LogP contribution in [0.25, 0.3) is 0 Å². The number of amides is 1. The van der Waals surface area contributed by atoms with Gasteiger partial charge in [-0.25, -0.2) is 8.42 Å². The van der Waals surface area contributed by atoms with Crippen molar-refractivity contribution in [1.82, 2.24) is 0 Å². The number of nitrogens with zero attached hydrogens (tertiary/aromatic N) is 1. The van der Waals surface area contributed by atoms with E-state index >= 15 is 0 Å². The number of para-hydroxylation sites is 1. The normalized spacial score (nSPS) is 16.2. The number of benzene rings is 1. The van der Waals surface area contributed by atoms with Crippen LogP contribution in [0.2, 0.25) is 0 Å². The lowest BCUT2D eigenvalue weighted by atomic mass is 10.3. The lowest BCUT2D eigenvalue weighted by molar-refractivity contribution is -0.114. The zero-order valence-corrected chi connectivity index (χ0v) is 10.8. The van der Waals surface area contributed by atoms with Crippen LogP contribution in [0.15, 0.2) is 44.2 Å². The van der Waals surface area contributed by atoms with E-state index in [0.717, 1.165) is 0 Å². The molecule has 1 aliphatic heterocycles. The van der Waals surface area contributed by atoms with Gasteiger partial charge in [-0.15, -0.1) is 4.36 Å². The molecule has 8 nitrogen and oxygen atoms in total. The molecule has 1 heterocycles. The second-order valence-corrected chi connectivity index (χ2v) is 5.95. The third-order valence-electron chi connectivity index (χ3n) is 2.30. The molecule has 0 spiro atoms. The van der Waals surface area contributed by atoms with Gasteiger partial charge < -0.3 is 11.1 Å². The third-order valence-corrected chi connectivity index (χ3v) is 4.50. The van der Waals surface area contributed by atoms with Crippen molar-refractivity contribution in [2.45, 2.75) is 4.90 Å². The fourth-order valence-electron chi connectivity index (χ4n) is 1.61. The molecule has 0 saturated carbocycles. The van der Waals surface area contributed by atoms with Crippen molar-refractivity contribution in [2.24, 2.45) is 10.1 Å². The van der Waals surface area contributed by atoms with Gasteiger partial charge in [0.1, 0.15) is 0 Å². The lowest BCUT2D eigenvalue weighted by Gasteiger charge is -2.19. The van der Waals surface area contributed by atoms with Crippen molar-refractivity contribution in [3.63, 3.8) is 0 Å². The molecule has 1 amide bonds. The minimum absolute atomic E-state index is 0.122. The van der Waals surface area contributed by atoms with Crippen LogP contribution < -0.4 is 11.1 Å². The summed E-state index contributed by atoms with van der Waals surface area (Å²) in [6, 6.07) is 5.69. The Balaban J connectivity index is 2.86. The van der Waals surface area contributed by atoms with E-state index < -0.39 is 37.0 Å². The van der Waals surface area contributed by atoms with Crippen molar-refractivity contribution in [3.8, 4) is 0 Å². The molecule has 10 heteroatoms. The van der Waals surface area contributed by atoms with E-state index in [2.05, 4.69) is 9.68 Å². The van der Waals surface area contributed by atoms with Crippen LogP contribution in [0.5, 0.6) is 0 Å². The summed E-state index contributed by atoms with van der Waals surface area (Å²) in [7, 11) is -7.13. The van der Waals surface area contributed by atoms with E-state index in [1.165, 1.54) is 18.2 Å². The monoisotopic (exact) mass is 301 g/mol. The first kappa shape index (κ1) is 13.2. The lowest BCUT2D eigenvalue weighted by Crippen LogP contribution is -2.28. The molecule has 0 aromatic heterocycles. The number of carbonyl (C=O) groups excluding carboxylic acids is 1. The Morgan fingerprint density at radius 3 is 2.47 bits per heavy atom. The third kappa shape index (κ3) is 2.22. The number of hydrogen-bond donors (Lipinski definition) is 2. The van der Waals surface area contributed by atoms with Crippen LogP contribution in [-0.2, 0) is 25.1 Å². The number of fused-ring (bicyclic) bond motifs is 1. The van der Waals surface area contributed by atoms with Crippen LogP contribution in [0.1, 0.15) is 0 Å². The summed E-state index contributed by atoms with van der Waals surface area (Å²) in [6.45, 7) is 0. The predicted molar refractivity (Wildman–Crippen MR) is 64.8 cm³/mol. The maximum atomic E-state index is 12.2. The number of nitrogens with one attached hydrogen (secondary N) is 1. The highest BCUT2D eigenvalue weighted by molar-refractivity contribution is 7.96. The summed E-state index contributed by atoms with van der Waals surface area (Å²) < 4.78 is 48.5. The first-order valence-electron chi connectivity index (χ1n) is 4.80. The summed E-state index contributed by atoms with van der Waals surface area (Å²) in [5.74, 6) is -1.90. The van der Waals surface area contributed by atoms with Crippen LogP contribution in [-0.4, -0.2) is 22.7 Å². The number of nitrogens with two attached hydrogens (primary N) is 1. The molecule has 19 heavy (non-hydrogen) atoms. The number of hydrogen-bond acceptors (Lipinski definition) is 7. The minimum Gasteiger partial charge on any atom is -0.365 e. The molecule has 100 valence electrons. The molecule has 3 N–H and O–H groups in total. The second-order valence-electron chi connectivity index (χ2n) is 3.47. The Morgan fingerprint density at radius 2 is 1.89 bits per heavy atom. The fourth-order valence-corrected chi connectivity index (χ4v) is 3.46. The van der Waals surface area contributed by atoms with Crippen LogP contribution in [0.3, 0.4) is 0 Å². The maximum absolute atomic E-state index is 12.2. The van der Waals surface area contributed by atoms with E-state index in [9.17, 15) is 21.6 Å².